The maximum atomic E-state index is 5.89. The Balaban J connectivity index is 1.40. The lowest BCUT2D eigenvalue weighted by Crippen LogP contribution is -2.47. The summed E-state index contributed by atoms with van der Waals surface area (Å²) < 4.78 is 7.04. The number of aliphatic imine (C=N–C) groups is 1. The number of hydrogen-bond donors (Lipinski definition) is 2. The number of rotatable bonds is 7. The molecule has 0 saturated carbocycles. The summed E-state index contributed by atoms with van der Waals surface area (Å²) in [4.78, 5) is 8.96. The topological polar surface area (TPSA) is 58.5 Å². The average molecular weight is 341 g/mol. The Kier molecular flexibility index (Phi) is 5.97. The zero-order chi connectivity index (χ0) is 15.2. The van der Waals surface area contributed by atoms with Crippen LogP contribution in [0.4, 0.5) is 0 Å². The molecule has 2 fully saturated rings. The molecule has 0 amide bonds. The molecule has 2 saturated heterocycles. The predicted molar refractivity (Wildman–Crippen MR) is 92.9 cm³/mol. The van der Waals surface area contributed by atoms with E-state index in [1.165, 1.54) is 12.8 Å². The summed E-state index contributed by atoms with van der Waals surface area (Å²) in [6, 6.07) is 0.432. The molecule has 0 aliphatic carbocycles. The fraction of sp³-hybridized carbons (Fsp3) is 0.733. The summed E-state index contributed by atoms with van der Waals surface area (Å²) in [6.07, 6.45) is 7.31. The SMILES string of the molecule is CCNC(=NCCCSc1nccs1)NC1CC2CCC1O2. The van der Waals surface area contributed by atoms with Crippen molar-refractivity contribution < 1.29 is 4.74 Å². The first-order valence-corrected chi connectivity index (χ1v) is 9.94. The third-order valence-electron chi connectivity index (χ3n) is 3.98. The molecule has 3 rings (SSSR count). The Morgan fingerprint density at radius 2 is 2.50 bits per heavy atom. The van der Waals surface area contributed by atoms with Crippen LogP contribution in [-0.4, -0.2) is 48.0 Å². The van der Waals surface area contributed by atoms with E-state index in [1.807, 2.05) is 23.3 Å². The quantitative estimate of drug-likeness (QED) is 0.346. The zero-order valence-corrected chi connectivity index (χ0v) is 14.6. The Labute approximate surface area is 140 Å². The van der Waals surface area contributed by atoms with Gasteiger partial charge in [-0.15, -0.1) is 11.3 Å². The molecule has 0 spiro atoms. The van der Waals surface area contributed by atoms with Crippen molar-refractivity contribution in [3.63, 3.8) is 0 Å². The van der Waals surface area contributed by atoms with Crippen LogP contribution >= 0.6 is 23.1 Å². The highest BCUT2D eigenvalue weighted by molar-refractivity contribution is 8.00. The number of guanidine groups is 1. The molecule has 5 nitrogen and oxygen atoms in total. The zero-order valence-electron chi connectivity index (χ0n) is 13.0. The lowest BCUT2D eigenvalue weighted by Gasteiger charge is -2.22. The molecule has 0 aromatic carbocycles. The monoisotopic (exact) mass is 340 g/mol. The van der Waals surface area contributed by atoms with Gasteiger partial charge in [-0.05, 0) is 32.6 Å². The Morgan fingerprint density at radius 3 is 3.18 bits per heavy atom. The van der Waals surface area contributed by atoms with Crippen LogP contribution in [0.3, 0.4) is 0 Å². The lowest BCUT2D eigenvalue weighted by molar-refractivity contribution is 0.0992. The van der Waals surface area contributed by atoms with Crippen LogP contribution < -0.4 is 10.6 Å². The van der Waals surface area contributed by atoms with E-state index in [2.05, 4.69) is 27.5 Å². The normalized spacial score (nSPS) is 27.3. The molecule has 3 atom stereocenters. The van der Waals surface area contributed by atoms with Gasteiger partial charge in [0.15, 0.2) is 5.96 Å². The number of thiazole rings is 1. The molecule has 7 heteroatoms. The molecule has 0 radical (unpaired) electrons. The first kappa shape index (κ1) is 16.1. The van der Waals surface area contributed by atoms with E-state index in [0.29, 0.717) is 18.2 Å². The third-order valence-corrected chi connectivity index (χ3v) is 6.03. The molecule has 3 heterocycles. The van der Waals surface area contributed by atoms with Crippen molar-refractivity contribution >= 4 is 29.1 Å². The van der Waals surface area contributed by atoms with Gasteiger partial charge in [0, 0.05) is 30.4 Å². The minimum absolute atomic E-state index is 0.384. The van der Waals surface area contributed by atoms with E-state index in [4.69, 9.17) is 4.74 Å². The van der Waals surface area contributed by atoms with Gasteiger partial charge in [-0.1, -0.05) is 11.8 Å². The average Bonchev–Trinajstić information content (AvgIpc) is 3.24. The summed E-state index contributed by atoms with van der Waals surface area (Å²) in [6.45, 7) is 3.84. The standard InChI is InChI=1S/C15H24N4OS2/c1-2-16-14(19-12-10-11-4-5-13(12)20-11)17-6-3-8-21-15-18-7-9-22-15/h7,9,11-13H,2-6,8,10H2,1H3,(H2,16,17,19). The van der Waals surface area contributed by atoms with E-state index < -0.39 is 0 Å². The first-order chi connectivity index (χ1) is 10.8. The molecular weight excluding hydrogens is 316 g/mol. The van der Waals surface area contributed by atoms with Crippen LogP contribution in [0, 0.1) is 0 Å². The van der Waals surface area contributed by atoms with E-state index in [9.17, 15) is 0 Å². The first-order valence-electron chi connectivity index (χ1n) is 8.07. The van der Waals surface area contributed by atoms with Crippen molar-refractivity contribution in [3.05, 3.63) is 11.6 Å². The van der Waals surface area contributed by atoms with E-state index in [-0.39, 0.29) is 0 Å². The van der Waals surface area contributed by atoms with Gasteiger partial charge in [0.1, 0.15) is 4.34 Å². The number of thioether (sulfide) groups is 1. The molecule has 122 valence electrons. The van der Waals surface area contributed by atoms with Crippen molar-refractivity contribution in [1.29, 1.82) is 0 Å². The van der Waals surface area contributed by atoms with E-state index >= 15 is 0 Å². The fourth-order valence-corrected chi connectivity index (χ4v) is 4.61. The smallest absolute Gasteiger partial charge is 0.191 e. The molecule has 2 N–H and O–H groups in total. The second-order valence-corrected chi connectivity index (χ2v) is 7.86. The van der Waals surface area contributed by atoms with Gasteiger partial charge in [0.05, 0.1) is 18.2 Å². The molecule has 3 unspecified atom stereocenters. The van der Waals surface area contributed by atoms with Crippen molar-refractivity contribution in [2.75, 3.05) is 18.8 Å². The summed E-state index contributed by atoms with van der Waals surface area (Å²) in [7, 11) is 0. The summed E-state index contributed by atoms with van der Waals surface area (Å²) in [5.41, 5.74) is 0. The van der Waals surface area contributed by atoms with Gasteiger partial charge in [-0.2, -0.15) is 0 Å². The van der Waals surface area contributed by atoms with Crippen molar-refractivity contribution in [1.82, 2.24) is 15.6 Å². The van der Waals surface area contributed by atoms with Crippen molar-refractivity contribution in [3.8, 4) is 0 Å². The number of nitrogens with one attached hydrogen (secondary N) is 2. The summed E-state index contributed by atoms with van der Waals surface area (Å²) in [5.74, 6) is 2.00. The van der Waals surface area contributed by atoms with Gasteiger partial charge < -0.3 is 15.4 Å². The van der Waals surface area contributed by atoms with Gasteiger partial charge in [-0.3, -0.25) is 4.99 Å². The van der Waals surface area contributed by atoms with Gasteiger partial charge in [0.25, 0.3) is 0 Å². The second kappa shape index (κ2) is 8.17. The minimum atomic E-state index is 0.384. The summed E-state index contributed by atoms with van der Waals surface area (Å²) >= 11 is 3.51. The minimum Gasteiger partial charge on any atom is -0.373 e. The molecule has 2 aliphatic heterocycles. The molecule has 1 aromatic rings. The van der Waals surface area contributed by atoms with E-state index in [1.54, 1.807) is 11.3 Å². The molecule has 1 aromatic heterocycles. The number of ether oxygens (including phenoxy) is 1. The number of hydrogen-bond acceptors (Lipinski definition) is 5. The molecule has 2 aliphatic rings. The van der Waals surface area contributed by atoms with Gasteiger partial charge >= 0.3 is 0 Å². The second-order valence-electron chi connectivity index (χ2n) is 5.62. The lowest BCUT2D eigenvalue weighted by atomic mass is 9.96. The van der Waals surface area contributed by atoms with Gasteiger partial charge in [0.2, 0.25) is 0 Å². The molecule has 22 heavy (non-hydrogen) atoms. The van der Waals surface area contributed by atoms with Crippen molar-refractivity contribution in [2.24, 2.45) is 4.99 Å². The van der Waals surface area contributed by atoms with Crippen LogP contribution in [0.25, 0.3) is 0 Å². The van der Waals surface area contributed by atoms with Crippen LogP contribution in [0.2, 0.25) is 0 Å². The number of nitrogens with zero attached hydrogens (tertiary/aromatic N) is 2. The van der Waals surface area contributed by atoms with E-state index in [0.717, 1.165) is 42.0 Å². The number of fused-ring (bicyclic) bond motifs is 2. The van der Waals surface area contributed by atoms with Gasteiger partial charge in [-0.25, -0.2) is 4.98 Å². The van der Waals surface area contributed by atoms with Crippen LogP contribution in [0.1, 0.15) is 32.6 Å². The Hall–Kier alpha value is -0.790. The molecular formula is C15H24N4OS2. The van der Waals surface area contributed by atoms with Crippen LogP contribution in [-0.2, 0) is 4.74 Å². The van der Waals surface area contributed by atoms with Crippen molar-refractivity contribution in [2.45, 2.75) is 55.2 Å². The Morgan fingerprint density at radius 1 is 1.55 bits per heavy atom. The van der Waals surface area contributed by atoms with Crippen LogP contribution in [0.5, 0.6) is 0 Å². The highest BCUT2D eigenvalue weighted by Crippen LogP contribution is 2.34. The largest absolute Gasteiger partial charge is 0.373 e. The number of aromatic nitrogens is 1. The Bertz CT molecular complexity index is 480. The summed E-state index contributed by atoms with van der Waals surface area (Å²) in [5, 5.41) is 8.91. The predicted octanol–water partition coefficient (Wildman–Crippen LogP) is 2.50. The fourth-order valence-electron chi connectivity index (χ4n) is 2.98. The maximum absolute atomic E-state index is 5.89. The third kappa shape index (κ3) is 4.36. The molecule has 2 bridgehead atoms. The maximum Gasteiger partial charge on any atom is 0.191 e. The highest BCUT2D eigenvalue weighted by Gasteiger charge is 2.41. The highest BCUT2D eigenvalue weighted by atomic mass is 32.2. The van der Waals surface area contributed by atoms with Crippen LogP contribution in [0.15, 0.2) is 20.9 Å².